The lowest BCUT2D eigenvalue weighted by atomic mass is 9.59. The van der Waals surface area contributed by atoms with Crippen LogP contribution in [-0.2, 0) is 13.3 Å². The molecule has 3 nitrogen and oxygen atoms in total. The van der Waals surface area contributed by atoms with E-state index in [9.17, 15) is 0 Å². The van der Waals surface area contributed by atoms with Crippen LogP contribution >= 0.6 is 0 Å². The molecule has 0 aromatic rings. The summed E-state index contributed by atoms with van der Waals surface area (Å²) in [7, 11) is -5.59. The van der Waals surface area contributed by atoms with E-state index in [2.05, 4.69) is 142 Å². The third kappa shape index (κ3) is 10.6. The quantitative estimate of drug-likeness (QED) is 0.123. The summed E-state index contributed by atoms with van der Waals surface area (Å²) in [4.78, 5) is 0. The minimum Gasteiger partial charge on any atom is -0.412 e. The fourth-order valence-electron chi connectivity index (χ4n) is 9.67. The zero-order chi connectivity index (χ0) is 39.7. The van der Waals surface area contributed by atoms with E-state index in [1.165, 1.54) is 74.2 Å². The maximum Gasteiger partial charge on any atom is 0.192 e. The molecule has 6 heteroatoms. The first-order chi connectivity index (χ1) is 23.7. The van der Waals surface area contributed by atoms with Crippen LogP contribution in [0.25, 0.3) is 0 Å². The molecular formula is C46H88O3Si3. The molecule has 0 spiro atoms. The average Bonchev–Trinajstić information content (AvgIpc) is 3.39. The third-order valence-corrected chi connectivity index (χ3v) is 29.8. The highest BCUT2D eigenvalue weighted by Gasteiger charge is 2.52. The van der Waals surface area contributed by atoms with Gasteiger partial charge in [0.1, 0.15) is 0 Å². The van der Waals surface area contributed by atoms with Crippen LogP contribution in [0.15, 0.2) is 35.5 Å². The van der Waals surface area contributed by atoms with Crippen molar-refractivity contribution in [1.82, 2.24) is 0 Å². The van der Waals surface area contributed by atoms with E-state index in [4.69, 9.17) is 13.3 Å². The molecule has 0 heterocycles. The summed E-state index contributed by atoms with van der Waals surface area (Å²) in [6, 6.07) is 3.70. The van der Waals surface area contributed by atoms with E-state index < -0.39 is 25.0 Å². The van der Waals surface area contributed by atoms with Crippen molar-refractivity contribution in [3.63, 3.8) is 0 Å². The molecule has 0 unspecified atom stereocenters. The fourth-order valence-corrected chi connectivity index (χ4v) is 15.5. The zero-order valence-electron chi connectivity index (χ0n) is 38.0. The first kappa shape index (κ1) is 46.1. The molecule has 7 atom stereocenters. The molecule has 3 aliphatic carbocycles. The van der Waals surface area contributed by atoms with E-state index in [1.54, 1.807) is 5.57 Å². The summed E-state index contributed by atoms with van der Waals surface area (Å²) in [6.45, 7) is 47.9. The Hall–Kier alpha value is -0.249. The molecule has 0 aliphatic heterocycles. The van der Waals surface area contributed by atoms with Crippen LogP contribution in [0.1, 0.15) is 155 Å². The van der Waals surface area contributed by atoms with Crippen LogP contribution in [0.4, 0.5) is 0 Å². The van der Waals surface area contributed by atoms with Crippen molar-refractivity contribution in [3.8, 4) is 0 Å². The van der Waals surface area contributed by atoms with Gasteiger partial charge in [0.2, 0.25) is 0 Å². The Balaban J connectivity index is 1.82. The van der Waals surface area contributed by atoms with Crippen molar-refractivity contribution < 1.29 is 13.3 Å². The topological polar surface area (TPSA) is 27.7 Å². The molecule has 52 heavy (non-hydrogen) atoms. The molecule has 3 fully saturated rings. The SMILES string of the molecule is C=C1[C@H](O[Si](C)(C)C(C)(C)C)CC(=C/C=C2\CCC[C@]3(C)[C@@H]([C@H](C)[C@H](C)CCC(C)(C)O[Si](CC)(CC)CC)CC[C@@H]23)C[C@H]1O[Si](C)(C)C(C)(C)C. The van der Waals surface area contributed by atoms with Crippen molar-refractivity contribution in [2.75, 3.05) is 0 Å². The maximum absolute atomic E-state index is 7.14. The van der Waals surface area contributed by atoms with Crippen molar-refractivity contribution in [2.45, 2.75) is 227 Å². The van der Waals surface area contributed by atoms with Gasteiger partial charge in [-0.1, -0.05) is 113 Å². The summed E-state index contributed by atoms with van der Waals surface area (Å²) in [5.41, 5.74) is 4.75. The van der Waals surface area contributed by atoms with Crippen molar-refractivity contribution in [3.05, 3.63) is 35.5 Å². The summed E-state index contributed by atoms with van der Waals surface area (Å²) in [5.74, 6) is 2.96. The van der Waals surface area contributed by atoms with E-state index in [1.807, 2.05) is 0 Å². The molecular weight excluding hydrogens is 685 g/mol. The highest BCUT2D eigenvalue weighted by Crippen LogP contribution is 2.60. The molecule has 0 bridgehead atoms. The second kappa shape index (κ2) is 17.1. The van der Waals surface area contributed by atoms with Gasteiger partial charge in [-0.3, -0.25) is 0 Å². The third-order valence-electron chi connectivity index (χ3n) is 15.9. The van der Waals surface area contributed by atoms with Gasteiger partial charge in [-0.15, -0.1) is 0 Å². The Bertz CT molecular complexity index is 1210. The Morgan fingerprint density at radius 2 is 1.31 bits per heavy atom. The van der Waals surface area contributed by atoms with Gasteiger partial charge in [-0.05, 0) is 161 Å². The lowest BCUT2D eigenvalue weighted by molar-refractivity contribution is 0.0524. The van der Waals surface area contributed by atoms with Gasteiger partial charge in [0, 0.05) is 0 Å². The average molecular weight is 773 g/mol. The molecule has 0 N–H and O–H groups in total. The van der Waals surface area contributed by atoms with Crippen LogP contribution in [0, 0.1) is 29.1 Å². The molecule has 0 aromatic heterocycles. The van der Waals surface area contributed by atoms with Gasteiger partial charge in [-0.25, -0.2) is 0 Å². The van der Waals surface area contributed by atoms with E-state index in [0.29, 0.717) is 17.3 Å². The number of allylic oxidation sites excluding steroid dienone is 3. The predicted octanol–water partition coefficient (Wildman–Crippen LogP) is 15.0. The molecule has 0 amide bonds. The summed E-state index contributed by atoms with van der Waals surface area (Å²) in [5, 5.41) is 0.312. The van der Waals surface area contributed by atoms with Crippen LogP contribution in [-0.4, -0.2) is 42.8 Å². The lowest BCUT2D eigenvalue weighted by Crippen LogP contribution is -2.49. The molecule has 3 rings (SSSR count). The minimum atomic E-state index is -1.99. The Morgan fingerprint density at radius 3 is 1.77 bits per heavy atom. The standard InChI is InChI=1S/C46H88O3Si3/c1-20-52(21-2,22-3)49-45(13,14)31-29-34(4)35(5)39-27-28-40-38(24-23-30-46(39,40)15)26-25-37-32-41(47-50(16,17)43(7,8)9)36(6)42(33-37)48-51(18,19)44(10,11)12/h25-26,34-35,39-42H,6,20-24,27-33H2,1-5,7-19H3/b38-26+/t34-,35-,39-,40+,41-,42-,46-/m1/s1. The molecule has 0 saturated heterocycles. The van der Waals surface area contributed by atoms with Crippen LogP contribution in [0.2, 0.25) is 54.4 Å². The van der Waals surface area contributed by atoms with E-state index in [-0.39, 0.29) is 27.9 Å². The first-order valence-corrected chi connectivity index (χ1v) is 30.2. The summed E-state index contributed by atoms with van der Waals surface area (Å²) < 4.78 is 21.3. The van der Waals surface area contributed by atoms with Gasteiger partial charge in [0.25, 0.3) is 0 Å². The van der Waals surface area contributed by atoms with Gasteiger partial charge in [0.05, 0.1) is 17.8 Å². The van der Waals surface area contributed by atoms with Crippen LogP contribution < -0.4 is 0 Å². The largest absolute Gasteiger partial charge is 0.412 e. The predicted molar refractivity (Wildman–Crippen MR) is 237 cm³/mol. The molecule has 302 valence electrons. The molecule has 0 aromatic carbocycles. The number of fused-ring (bicyclic) bond motifs is 1. The molecule has 3 saturated carbocycles. The second-order valence-corrected chi connectivity index (χ2v) is 36.1. The first-order valence-electron chi connectivity index (χ1n) is 21.8. The maximum atomic E-state index is 7.14. The number of hydrogen-bond donors (Lipinski definition) is 0. The van der Waals surface area contributed by atoms with Crippen molar-refractivity contribution in [1.29, 1.82) is 0 Å². The Labute approximate surface area is 328 Å². The zero-order valence-corrected chi connectivity index (χ0v) is 41.0. The Morgan fingerprint density at radius 1 is 0.808 bits per heavy atom. The summed E-state index contributed by atoms with van der Waals surface area (Å²) >= 11 is 0. The highest BCUT2D eigenvalue weighted by atomic mass is 28.4. The van der Waals surface area contributed by atoms with Crippen molar-refractivity contribution in [2.24, 2.45) is 29.1 Å². The van der Waals surface area contributed by atoms with Crippen LogP contribution in [0.3, 0.4) is 0 Å². The monoisotopic (exact) mass is 773 g/mol. The van der Waals surface area contributed by atoms with Gasteiger partial charge < -0.3 is 13.3 Å². The normalized spacial score (nSPS) is 29.0. The number of rotatable bonds is 15. The molecule has 0 radical (unpaired) electrons. The van der Waals surface area contributed by atoms with E-state index >= 15 is 0 Å². The number of hydrogen-bond acceptors (Lipinski definition) is 3. The summed E-state index contributed by atoms with van der Waals surface area (Å²) in [6.07, 6.45) is 16.2. The fraction of sp³-hybridized carbons (Fsp3) is 0.870. The molecule has 3 aliphatic rings. The highest BCUT2D eigenvalue weighted by molar-refractivity contribution is 6.74. The van der Waals surface area contributed by atoms with Gasteiger partial charge >= 0.3 is 0 Å². The lowest BCUT2D eigenvalue weighted by Gasteiger charge is -2.46. The van der Waals surface area contributed by atoms with E-state index in [0.717, 1.165) is 24.7 Å². The Kier molecular flexibility index (Phi) is 15.2. The van der Waals surface area contributed by atoms with Gasteiger partial charge in [0.15, 0.2) is 25.0 Å². The van der Waals surface area contributed by atoms with Crippen molar-refractivity contribution >= 4 is 25.0 Å². The van der Waals surface area contributed by atoms with Crippen LogP contribution in [0.5, 0.6) is 0 Å². The smallest absolute Gasteiger partial charge is 0.192 e. The van der Waals surface area contributed by atoms with Gasteiger partial charge in [-0.2, -0.15) is 0 Å². The minimum absolute atomic E-state index is 0.0203. The second-order valence-electron chi connectivity index (χ2n) is 21.9.